The predicted octanol–water partition coefficient (Wildman–Crippen LogP) is 3.00. The fraction of sp³-hybridized carbons (Fsp3) is 0.385. The van der Waals surface area contributed by atoms with E-state index in [-0.39, 0.29) is 27.2 Å². The number of nitrogens with two attached hydrogens (primary N) is 1. The molecule has 0 radical (unpaired) electrons. The first-order chi connectivity index (χ1) is 9.27. The molecule has 7 heteroatoms. The summed E-state index contributed by atoms with van der Waals surface area (Å²) in [6, 6.07) is 1.76. The van der Waals surface area contributed by atoms with Gasteiger partial charge in [-0.15, -0.1) is 0 Å². The molecule has 1 amide bonds. The molecule has 1 aromatic rings. The number of hydrogen-bond donors (Lipinski definition) is 3. The van der Waals surface area contributed by atoms with E-state index < -0.39 is 17.9 Å². The third kappa shape index (κ3) is 3.85. The topological polar surface area (TPSA) is 92.4 Å². The lowest BCUT2D eigenvalue weighted by Crippen LogP contribution is -2.40. The summed E-state index contributed by atoms with van der Waals surface area (Å²) in [5.41, 5.74) is 5.92. The van der Waals surface area contributed by atoms with Gasteiger partial charge in [0.05, 0.1) is 27.3 Å². The van der Waals surface area contributed by atoms with Crippen molar-refractivity contribution in [2.75, 3.05) is 5.32 Å². The summed E-state index contributed by atoms with van der Waals surface area (Å²) in [5.74, 6) is -1.56. The highest BCUT2D eigenvalue weighted by atomic mass is 35.5. The van der Waals surface area contributed by atoms with Crippen LogP contribution in [-0.4, -0.2) is 23.0 Å². The van der Waals surface area contributed by atoms with Crippen molar-refractivity contribution in [2.24, 2.45) is 11.7 Å². The maximum Gasteiger partial charge on any atom is 0.335 e. The zero-order valence-electron chi connectivity index (χ0n) is 11.1. The number of halogens is 2. The molecule has 0 aliphatic heterocycles. The Hall–Kier alpha value is -1.30. The normalized spacial score (nSPS) is 13.7. The smallest absolute Gasteiger partial charge is 0.335 e. The van der Waals surface area contributed by atoms with Gasteiger partial charge in [-0.05, 0) is 18.1 Å². The minimum atomic E-state index is -1.15. The van der Waals surface area contributed by atoms with Crippen molar-refractivity contribution in [3.63, 3.8) is 0 Å². The van der Waals surface area contributed by atoms with Crippen molar-refractivity contribution in [2.45, 2.75) is 26.3 Å². The van der Waals surface area contributed by atoms with Gasteiger partial charge in [-0.3, -0.25) is 4.79 Å². The van der Waals surface area contributed by atoms with Crippen molar-refractivity contribution in [1.82, 2.24) is 0 Å². The van der Waals surface area contributed by atoms with Crippen LogP contribution in [-0.2, 0) is 4.79 Å². The van der Waals surface area contributed by atoms with Gasteiger partial charge < -0.3 is 16.2 Å². The Kier molecular flexibility index (Phi) is 5.80. The molecule has 20 heavy (non-hydrogen) atoms. The Morgan fingerprint density at radius 2 is 1.85 bits per heavy atom. The number of carbonyl (C=O) groups is 2. The van der Waals surface area contributed by atoms with Crippen molar-refractivity contribution < 1.29 is 14.7 Å². The van der Waals surface area contributed by atoms with Crippen LogP contribution in [0.4, 0.5) is 5.69 Å². The quantitative estimate of drug-likeness (QED) is 0.778. The van der Waals surface area contributed by atoms with Gasteiger partial charge in [0.25, 0.3) is 0 Å². The Morgan fingerprint density at radius 1 is 1.35 bits per heavy atom. The number of amides is 1. The molecule has 110 valence electrons. The fourth-order valence-electron chi connectivity index (χ4n) is 1.53. The first-order valence-electron chi connectivity index (χ1n) is 6.06. The largest absolute Gasteiger partial charge is 0.478 e. The van der Waals surface area contributed by atoms with Crippen LogP contribution in [0.1, 0.15) is 30.6 Å². The van der Waals surface area contributed by atoms with E-state index in [1.807, 2.05) is 13.8 Å². The number of hydrogen-bond acceptors (Lipinski definition) is 3. The number of carboxylic acids is 1. The number of carbonyl (C=O) groups excluding carboxylic acids is 1. The number of benzene rings is 1. The zero-order valence-corrected chi connectivity index (χ0v) is 12.6. The van der Waals surface area contributed by atoms with Crippen molar-refractivity contribution in [3.05, 3.63) is 27.7 Å². The molecule has 0 unspecified atom stereocenters. The Balaban J connectivity index is 2.99. The van der Waals surface area contributed by atoms with Gasteiger partial charge in [0.1, 0.15) is 0 Å². The van der Waals surface area contributed by atoms with Crippen molar-refractivity contribution in [1.29, 1.82) is 0 Å². The first-order valence-corrected chi connectivity index (χ1v) is 6.82. The van der Waals surface area contributed by atoms with E-state index in [2.05, 4.69) is 5.32 Å². The van der Waals surface area contributed by atoms with Gasteiger partial charge in [-0.25, -0.2) is 4.79 Å². The van der Waals surface area contributed by atoms with E-state index in [4.69, 9.17) is 34.0 Å². The SMILES string of the molecule is CC[C@H](C)[C@H](N)C(=O)Nc1c(Cl)cc(C(=O)O)cc1Cl. The summed E-state index contributed by atoms with van der Waals surface area (Å²) >= 11 is 11.9. The van der Waals surface area contributed by atoms with Gasteiger partial charge in [0.2, 0.25) is 5.91 Å². The number of anilines is 1. The van der Waals surface area contributed by atoms with E-state index >= 15 is 0 Å². The monoisotopic (exact) mass is 318 g/mol. The average molecular weight is 319 g/mol. The molecule has 4 N–H and O–H groups in total. The molecule has 1 aromatic carbocycles. The minimum Gasteiger partial charge on any atom is -0.478 e. The molecule has 0 saturated carbocycles. The van der Waals surface area contributed by atoms with Crippen LogP contribution < -0.4 is 11.1 Å². The summed E-state index contributed by atoms with van der Waals surface area (Å²) < 4.78 is 0. The van der Waals surface area contributed by atoms with Crippen LogP contribution in [0, 0.1) is 5.92 Å². The second-order valence-corrected chi connectivity index (χ2v) is 5.34. The lowest BCUT2D eigenvalue weighted by molar-refractivity contribution is -0.118. The van der Waals surface area contributed by atoms with E-state index in [9.17, 15) is 9.59 Å². The van der Waals surface area contributed by atoms with Crippen LogP contribution in [0.25, 0.3) is 0 Å². The second kappa shape index (κ2) is 6.92. The Morgan fingerprint density at radius 3 is 2.25 bits per heavy atom. The van der Waals surface area contributed by atoms with E-state index in [0.717, 1.165) is 6.42 Å². The number of rotatable bonds is 5. The van der Waals surface area contributed by atoms with Gasteiger partial charge in [-0.1, -0.05) is 43.5 Å². The predicted molar refractivity (Wildman–Crippen MR) is 79.5 cm³/mol. The van der Waals surface area contributed by atoms with Crippen LogP contribution in [0.15, 0.2) is 12.1 Å². The third-order valence-electron chi connectivity index (χ3n) is 3.10. The molecule has 0 aliphatic carbocycles. The summed E-state index contributed by atoms with van der Waals surface area (Å²) in [6.07, 6.45) is 0.758. The average Bonchev–Trinajstić information content (AvgIpc) is 2.40. The van der Waals surface area contributed by atoms with E-state index in [1.54, 1.807) is 0 Å². The minimum absolute atomic E-state index is 0.00541. The molecule has 5 nitrogen and oxygen atoms in total. The maximum absolute atomic E-state index is 12.0. The van der Waals surface area contributed by atoms with Crippen molar-refractivity contribution in [3.8, 4) is 0 Å². The number of carboxylic acid groups (broad SMARTS) is 1. The standard InChI is InChI=1S/C13H16Cl2N2O3/c1-3-6(2)10(16)12(18)17-11-8(14)4-7(13(19)20)5-9(11)15/h4-6,10H,3,16H2,1-2H3,(H,17,18)(H,19,20)/t6-,10-/m0/s1. The molecule has 0 aromatic heterocycles. The van der Waals surface area contributed by atoms with Gasteiger partial charge >= 0.3 is 5.97 Å². The molecule has 0 saturated heterocycles. The number of aromatic carboxylic acids is 1. The number of nitrogens with one attached hydrogen (secondary N) is 1. The van der Waals surface area contributed by atoms with Gasteiger partial charge in [0, 0.05) is 0 Å². The first kappa shape index (κ1) is 16.8. The third-order valence-corrected chi connectivity index (χ3v) is 3.69. The highest BCUT2D eigenvalue weighted by Gasteiger charge is 2.22. The Bertz CT molecular complexity index is 511. The molecule has 1 rings (SSSR count). The molecular formula is C13H16Cl2N2O3. The summed E-state index contributed by atoms with van der Waals surface area (Å²) in [4.78, 5) is 22.8. The highest BCUT2D eigenvalue weighted by Crippen LogP contribution is 2.32. The second-order valence-electron chi connectivity index (χ2n) is 4.52. The summed E-state index contributed by atoms with van der Waals surface area (Å²) in [5, 5.41) is 11.5. The lowest BCUT2D eigenvalue weighted by Gasteiger charge is -2.19. The van der Waals surface area contributed by atoms with Crippen LogP contribution >= 0.6 is 23.2 Å². The van der Waals surface area contributed by atoms with E-state index in [0.29, 0.717) is 0 Å². The summed E-state index contributed by atoms with van der Waals surface area (Å²) in [7, 11) is 0. The highest BCUT2D eigenvalue weighted by molar-refractivity contribution is 6.40. The van der Waals surface area contributed by atoms with Gasteiger partial charge in [0.15, 0.2) is 0 Å². The van der Waals surface area contributed by atoms with Crippen LogP contribution in [0.2, 0.25) is 10.0 Å². The molecule has 0 aliphatic rings. The fourth-order valence-corrected chi connectivity index (χ4v) is 2.12. The van der Waals surface area contributed by atoms with E-state index in [1.165, 1.54) is 12.1 Å². The lowest BCUT2D eigenvalue weighted by atomic mass is 9.99. The molecule has 0 heterocycles. The Labute approximate surface area is 127 Å². The molecule has 0 fully saturated rings. The zero-order chi connectivity index (χ0) is 15.4. The molecule has 0 bridgehead atoms. The van der Waals surface area contributed by atoms with Crippen LogP contribution in [0.5, 0.6) is 0 Å². The molecular weight excluding hydrogens is 303 g/mol. The molecule has 0 spiro atoms. The van der Waals surface area contributed by atoms with Crippen LogP contribution in [0.3, 0.4) is 0 Å². The van der Waals surface area contributed by atoms with Gasteiger partial charge in [-0.2, -0.15) is 0 Å². The molecule has 2 atom stereocenters. The summed E-state index contributed by atoms with van der Waals surface area (Å²) in [6.45, 7) is 3.79. The maximum atomic E-state index is 12.0. The van der Waals surface area contributed by atoms with Crippen molar-refractivity contribution >= 4 is 40.8 Å².